The summed E-state index contributed by atoms with van der Waals surface area (Å²) in [5, 5.41) is 23.0. The summed E-state index contributed by atoms with van der Waals surface area (Å²) in [5.41, 5.74) is 11.9. The van der Waals surface area contributed by atoms with Crippen LogP contribution >= 0.6 is 34.5 Å². The highest BCUT2D eigenvalue weighted by Crippen LogP contribution is 2.42. The number of carboxylic acids is 1. The Balaban J connectivity index is 1.01. The maximum atomic E-state index is 14.4. The van der Waals surface area contributed by atoms with Crippen molar-refractivity contribution in [3.05, 3.63) is 152 Å². The molecule has 13 nitrogen and oxygen atoms in total. The lowest BCUT2D eigenvalue weighted by molar-refractivity contribution is -0.142. The predicted octanol–water partition coefficient (Wildman–Crippen LogP) is 7.90. The molecule has 62 heavy (non-hydrogen) atoms. The van der Waals surface area contributed by atoms with E-state index in [1.165, 1.54) is 6.92 Å². The summed E-state index contributed by atoms with van der Waals surface area (Å²) in [5.74, 6) is -0.611. The Morgan fingerprint density at radius 2 is 1.65 bits per heavy atom. The largest absolute Gasteiger partial charge is 0.489 e. The van der Waals surface area contributed by atoms with Crippen molar-refractivity contribution >= 4 is 61.6 Å². The van der Waals surface area contributed by atoms with Crippen LogP contribution in [0.3, 0.4) is 0 Å². The van der Waals surface area contributed by atoms with Gasteiger partial charge in [-0.1, -0.05) is 89.1 Å². The lowest BCUT2D eigenvalue weighted by Gasteiger charge is -2.36. The number of nitrogens with two attached hydrogens (primary N) is 1. The number of aryl methyl sites for hydroxylation is 1. The van der Waals surface area contributed by atoms with Crippen molar-refractivity contribution in [3.63, 3.8) is 0 Å². The van der Waals surface area contributed by atoms with Gasteiger partial charge in [0.05, 0.1) is 27.4 Å². The summed E-state index contributed by atoms with van der Waals surface area (Å²) in [6.45, 7) is 1.77. The fraction of sp³-hybridized carbons (Fsp3) is 0.200. The highest BCUT2D eigenvalue weighted by molar-refractivity contribution is 7.91. The molecule has 6 aromatic rings. The van der Waals surface area contributed by atoms with Crippen molar-refractivity contribution in [1.82, 2.24) is 14.6 Å². The summed E-state index contributed by atoms with van der Waals surface area (Å²) in [6.07, 6.45) is -0.637. The molecule has 1 aromatic heterocycles. The lowest BCUT2D eigenvalue weighted by atomic mass is 9.94. The number of hydrogen-bond donors (Lipinski definition) is 3. The van der Waals surface area contributed by atoms with E-state index in [4.69, 9.17) is 48.4 Å². The molecule has 0 saturated carbocycles. The summed E-state index contributed by atoms with van der Waals surface area (Å²) < 4.78 is 48.3. The second-order valence-corrected chi connectivity index (χ2v) is 18.7. The average molecular weight is 911 g/mol. The molecule has 0 fully saturated rings. The first kappa shape index (κ1) is 42.5. The summed E-state index contributed by atoms with van der Waals surface area (Å²) in [6, 6.07) is 29.8. The van der Waals surface area contributed by atoms with E-state index in [2.05, 4.69) is 16.4 Å². The van der Waals surface area contributed by atoms with Gasteiger partial charge >= 0.3 is 5.97 Å². The van der Waals surface area contributed by atoms with Gasteiger partial charge in [0, 0.05) is 13.0 Å². The molecule has 2 aliphatic heterocycles. The number of ether oxygens (including phenoxy) is 3. The van der Waals surface area contributed by atoms with Crippen LogP contribution < -0.4 is 25.3 Å². The van der Waals surface area contributed by atoms with Crippen LogP contribution in [-0.2, 0) is 45.6 Å². The Kier molecular flexibility index (Phi) is 12.1. The van der Waals surface area contributed by atoms with Gasteiger partial charge < -0.3 is 30.4 Å². The molecule has 0 bridgehead atoms. The maximum absolute atomic E-state index is 14.4. The van der Waals surface area contributed by atoms with E-state index in [9.17, 15) is 23.1 Å². The average Bonchev–Trinajstić information content (AvgIpc) is 3.63. The number of nitriles is 1. The quantitative estimate of drug-likeness (QED) is 0.108. The number of benzene rings is 5. The van der Waals surface area contributed by atoms with Gasteiger partial charge in [0.1, 0.15) is 31.0 Å². The van der Waals surface area contributed by atoms with Crippen molar-refractivity contribution < 1.29 is 37.3 Å². The molecule has 0 saturated heterocycles. The molecule has 0 aliphatic carbocycles. The molecule has 0 spiro atoms. The van der Waals surface area contributed by atoms with Gasteiger partial charge in [0.25, 0.3) is 10.0 Å². The minimum absolute atomic E-state index is 0.0485. The number of sulfonamides is 1. The number of nitrogen functional groups attached to an aromatic ring is 1. The van der Waals surface area contributed by atoms with Crippen LogP contribution in [0.25, 0.3) is 11.1 Å². The Morgan fingerprint density at radius 1 is 0.968 bits per heavy atom. The third-order valence-electron chi connectivity index (χ3n) is 10.6. The number of amides is 1. The molecule has 316 valence electrons. The predicted molar refractivity (Wildman–Crippen MR) is 234 cm³/mol. The van der Waals surface area contributed by atoms with E-state index in [1.807, 2.05) is 54.6 Å². The molecule has 1 amide bonds. The van der Waals surface area contributed by atoms with Crippen LogP contribution in [0.2, 0.25) is 10.0 Å². The number of carboxylic acid groups (broad SMARTS) is 1. The number of anilines is 1. The van der Waals surface area contributed by atoms with Gasteiger partial charge in [-0.15, -0.1) is 0 Å². The molecule has 8 rings (SSSR count). The second-order valence-electron chi connectivity index (χ2n) is 14.8. The zero-order valence-electron chi connectivity index (χ0n) is 32.9. The number of aromatic nitrogens is 1. The Morgan fingerprint density at radius 3 is 2.29 bits per heavy atom. The molecular weight excluding hydrogens is 874 g/mol. The highest BCUT2D eigenvalue weighted by atomic mass is 35.5. The Bertz CT molecular complexity index is 2830. The smallest absolute Gasteiger partial charge is 0.326 e. The molecular formula is C45H37Cl2N5O8S2. The van der Waals surface area contributed by atoms with Crippen molar-refractivity contribution in [2.24, 2.45) is 0 Å². The summed E-state index contributed by atoms with van der Waals surface area (Å²) in [7, 11) is -4.38. The van der Waals surface area contributed by atoms with Crippen LogP contribution in [0.4, 0.5) is 5.13 Å². The van der Waals surface area contributed by atoms with Crippen molar-refractivity contribution in [2.75, 3.05) is 12.3 Å². The van der Waals surface area contributed by atoms with Gasteiger partial charge in [-0.3, -0.25) is 4.79 Å². The van der Waals surface area contributed by atoms with E-state index in [0.29, 0.717) is 56.2 Å². The van der Waals surface area contributed by atoms with Gasteiger partial charge in [-0.05, 0) is 101 Å². The number of aliphatic carboxylic acids is 1. The SMILES string of the molecule is Cc1nc(N)sc1S(=O)(=O)N1Cc2cc3c(cc2C[C@H]1C(=O)N[C@@H](Cc1ccc(-c2ccc(C#N)cc2)cc1)C(=O)O)OC[C@@H](c1ccc(OCc2ccc(Cl)c(Cl)c2)cc1)O3. The normalized spacial score (nSPS) is 16.4. The molecule has 0 unspecified atom stereocenters. The second kappa shape index (κ2) is 17.7. The van der Waals surface area contributed by atoms with E-state index in [-0.39, 0.29) is 41.0 Å². The number of fused-ring (bicyclic) bond motifs is 2. The van der Waals surface area contributed by atoms with Gasteiger partial charge in [-0.2, -0.15) is 9.57 Å². The molecule has 0 radical (unpaired) electrons. The fourth-order valence-electron chi connectivity index (χ4n) is 7.36. The number of halogens is 2. The van der Waals surface area contributed by atoms with Gasteiger partial charge in [0.15, 0.2) is 26.9 Å². The molecule has 17 heteroatoms. The number of carbonyl (C=O) groups excluding carboxylic acids is 1. The van der Waals surface area contributed by atoms with Crippen LogP contribution in [0.5, 0.6) is 17.2 Å². The zero-order valence-corrected chi connectivity index (χ0v) is 36.0. The monoisotopic (exact) mass is 909 g/mol. The molecule has 2 aliphatic rings. The first-order valence-corrected chi connectivity index (χ1v) is 22.3. The van der Waals surface area contributed by atoms with Crippen LogP contribution in [0.15, 0.2) is 107 Å². The van der Waals surface area contributed by atoms with Gasteiger partial charge in [0.2, 0.25) is 5.91 Å². The number of nitrogens with one attached hydrogen (secondary N) is 1. The minimum atomic E-state index is -4.38. The zero-order chi connectivity index (χ0) is 43.7. The first-order chi connectivity index (χ1) is 29.7. The molecule has 3 atom stereocenters. The highest BCUT2D eigenvalue weighted by Gasteiger charge is 2.43. The Hall–Kier alpha value is -6.15. The number of rotatable bonds is 12. The summed E-state index contributed by atoms with van der Waals surface area (Å²) >= 11 is 13.0. The topological polar surface area (TPSA) is 194 Å². The lowest BCUT2D eigenvalue weighted by Crippen LogP contribution is -2.55. The fourth-order valence-corrected chi connectivity index (χ4v) is 10.7. The minimum Gasteiger partial charge on any atom is -0.489 e. The number of thiazole rings is 1. The molecule has 4 N–H and O–H groups in total. The number of carbonyl (C=O) groups is 2. The van der Waals surface area contributed by atoms with E-state index in [1.54, 1.807) is 48.5 Å². The van der Waals surface area contributed by atoms with E-state index < -0.39 is 40.1 Å². The van der Waals surface area contributed by atoms with Crippen LogP contribution in [0, 0.1) is 18.3 Å². The van der Waals surface area contributed by atoms with E-state index in [0.717, 1.165) is 37.9 Å². The number of nitrogens with zero attached hydrogens (tertiary/aromatic N) is 3. The van der Waals surface area contributed by atoms with Gasteiger partial charge in [-0.25, -0.2) is 18.2 Å². The first-order valence-electron chi connectivity index (χ1n) is 19.2. The number of hydrogen-bond acceptors (Lipinski definition) is 11. The Labute approximate surface area is 371 Å². The maximum Gasteiger partial charge on any atom is 0.326 e. The summed E-state index contributed by atoms with van der Waals surface area (Å²) in [4.78, 5) is 30.9. The molecule has 3 heterocycles. The van der Waals surface area contributed by atoms with Crippen molar-refractivity contribution in [2.45, 2.75) is 55.3 Å². The van der Waals surface area contributed by atoms with Crippen LogP contribution in [0.1, 0.15) is 45.2 Å². The van der Waals surface area contributed by atoms with E-state index >= 15 is 0 Å². The standard InChI is InChI=1S/C45H37Cl2N5O8S2/c1-25-44(61-45(49)50-25)62(56,57)52-22-33-20-40-39(59-24-41(60-40)31-11-13-34(14-12-31)58-23-28-6-15-35(46)36(47)16-28)19-32(33)18-38(52)42(53)51-37(43(54)55)17-26-2-7-29(8-3-26)30-9-4-27(21-48)5-10-30/h2-16,19-20,37-38,41H,17-18,22-24H2,1H3,(H2,49,50)(H,51,53)(H,54,55)/t37-,38-,41-/m0/s1. The molecule has 5 aromatic carbocycles. The third-order valence-corrected chi connectivity index (χ3v) is 14.8. The van der Waals surface area contributed by atoms with Crippen molar-refractivity contribution in [1.29, 1.82) is 5.26 Å². The van der Waals surface area contributed by atoms with Crippen LogP contribution in [-0.4, -0.2) is 53.4 Å². The third kappa shape index (κ3) is 9.06. The van der Waals surface area contributed by atoms with Crippen molar-refractivity contribution in [3.8, 4) is 34.4 Å².